The van der Waals surface area contributed by atoms with Crippen LogP contribution in [0.4, 0.5) is 11.4 Å². The van der Waals surface area contributed by atoms with Gasteiger partial charge in [0, 0.05) is 58.3 Å². The van der Waals surface area contributed by atoms with E-state index >= 15 is 0 Å². The molecule has 0 saturated heterocycles. The zero-order valence-electron chi connectivity index (χ0n) is 39.5. The van der Waals surface area contributed by atoms with Gasteiger partial charge in [-0.05, 0) is 104 Å². The van der Waals surface area contributed by atoms with Gasteiger partial charge in [-0.25, -0.2) is 4.98 Å². The van der Waals surface area contributed by atoms with Crippen LogP contribution in [0.25, 0.3) is 38.8 Å². The van der Waals surface area contributed by atoms with Crippen LogP contribution in [-0.2, 0) is 21.7 Å². The minimum atomic E-state index is -0.369. The van der Waals surface area contributed by atoms with Crippen molar-refractivity contribution < 1.29 is 4.74 Å². The van der Waals surface area contributed by atoms with Crippen LogP contribution in [0.5, 0.6) is 11.5 Å². The molecule has 324 valence electrons. The molecule has 0 N–H and O–H groups in total. The lowest BCUT2D eigenvalue weighted by molar-refractivity contribution is 0.481. The Morgan fingerprint density at radius 1 is 0.469 bits per heavy atom. The topological polar surface area (TPSA) is 33.5 Å². The monoisotopic (exact) mass is 842 g/mol. The van der Waals surface area contributed by atoms with Crippen LogP contribution in [0.2, 0.25) is 0 Å². The Morgan fingerprint density at radius 2 is 1.05 bits per heavy atom. The third-order valence-corrected chi connectivity index (χ3v) is 13.0. The normalized spacial score (nSPS) is 13.7. The van der Waals surface area contributed by atoms with E-state index in [1.165, 1.54) is 44.3 Å². The van der Waals surface area contributed by atoms with Crippen molar-refractivity contribution in [3.8, 4) is 28.4 Å². The number of hydrogen-bond donors (Lipinski definition) is 0. The lowest BCUT2D eigenvalue weighted by atomic mass is 9.76. The van der Waals surface area contributed by atoms with Gasteiger partial charge in [-0.15, -0.1) is 0 Å². The molecule has 5 heteroatoms. The number of hydrogen-bond acceptors (Lipinski definition) is 4. The Kier molecular flexibility index (Phi) is 10.6. The fraction of sp³-hybridized carbons (Fsp3) is 0.271. The first-order valence-corrected chi connectivity index (χ1v) is 22.7. The van der Waals surface area contributed by atoms with Crippen molar-refractivity contribution >= 4 is 33.2 Å². The molecule has 1 aliphatic rings. The zero-order valence-corrected chi connectivity index (χ0v) is 39.5. The molecule has 0 atom stereocenters. The molecule has 8 aromatic rings. The average Bonchev–Trinajstić information content (AvgIpc) is 3.90. The van der Waals surface area contributed by atoms with Gasteiger partial charge in [-0.3, -0.25) is 4.57 Å². The molecule has 0 bridgehead atoms. The molecule has 0 unspecified atom stereocenters. The highest BCUT2D eigenvalue weighted by atomic mass is 16.5. The van der Waals surface area contributed by atoms with Gasteiger partial charge in [-0.2, -0.15) is 0 Å². The third-order valence-electron chi connectivity index (χ3n) is 13.0. The zero-order chi connectivity index (χ0) is 45.2. The average molecular weight is 843 g/mol. The van der Waals surface area contributed by atoms with E-state index in [0.29, 0.717) is 6.67 Å². The molecule has 3 heterocycles. The fourth-order valence-electron chi connectivity index (χ4n) is 9.03. The summed E-state index contributed by atoms with van der Waals surface area (Å²) in [5.41, 5.74) is 12.6. The number of nitrogens with zero attached hydrogens (tertiary/aromatic N) is 4. The van der Waals surface area contributed by atoms with Crippen molar-refractivity contribution in [3.63, 3.8) is 0 Å². The predicted octanol–water partition coefficient (Wildman–Crippen LogP) is 15.6. The standard InChI is InChI=1S/C59H62N4O/c1-56(2,3)43-26-27-60-54(35-43)63-52-25-19-18-24-50(52)55-51(59(10,11)42-22-16-13-17-23-42)37-49(38-53(55)63)64-48-31-41(40-20-14-12-15-21-40)30-46(36-48)61-28-29-62(39-61)47-33-44(57(4,5)6)32-45(34-47)58(7,8)9/h12-38H,39H2,1-11H3. The Hall–Kier alpha value is -6.59. The molecular formula is C59H62N4O. The molecule has 0 amide bonds. The van der Waals surface area contributed by atoms with Gasteiger partial charge in [0.1, 0.15) is 17.3 Å². The summed E-state index contributed by atoms with van der Waals surface area (Å²) in [6.07, 6.45) is 6.34. The van der Waals surface area contributed by atoms with Crippen molar-refractivity contribution in [2.45, 2.75) is 97.8 Å². The molecule has 0 radical (unpaired) electrons. The van der Waals surface area contributed by atoms with E-state index in [0.717, 1.165) is 45.2 Å². The molecule has 2 aromatic heterocycles. The Labute approximate surface area is 380 Å². The molecule has 64 heavy (non-hydrogen) atoms. The van der Waals surface area contributed by atoms with E-state index in [2.05, 4.69) is 249 Å². The maximum absolute atomic E-state index is 7.21. The molecule has 0 spiro atoms. The number of ether oxygens (including phenoxy) is 1. The Bertz CT molecular complexity index is 2990. The molecule has 5 nitrogen and oxygen atoms in total. The molecule has 0 saturated carbocycles. The lowest BCUT2D eigenvalue weighted by Crippen LogP contribution is -2.26. The van der Waals surface area contributed by atoms with Crippen LogP contribution in [0.3, 0.4) is 0 Å². The third kappa shape index (κ3) is 8.20. The van der Waals surface area contributed by atoms with Crippen molar-refractivity contribution in [2.24, 2.45) is 0 Å². The van der Waals surface area contributed by atoms with Crippen molar-refractivity contribution in [2.75, 3.05) is 16.5 Å². The van der Waals surface area contributed by atoms with Crippen molar-refractivity contribution in [1.82, 2.24) is 9.55 Å². The Balaban J connectivity index is 1.19. The maximum atomic E-state index is 7.21. The van der Waals surface area contributed by atoms with Gasteiger partial charge in [0.25, 0.3) is 0 Å². The van der Waals surface area contributed by atoms with E-state index in [1.54, 1.807) is 0 Å². The Morgan fingerprint density at radius 3 is 1.69 bits per heavy atom. The summed E-state index contributed by atoms with van der Waals surface area (Å²) in [6.45, 7) is 25.9. The van der Waals surface area contributed by atoms with Gasteiger partial charge in [-0.1, -0.05) is 161 Å². The number of para-hydroxylation sites is 1. The van der Waals surface area contributed by atoms with E-state index in [4.69, 9.17) is 9.72 Å². The minimum Gasteiger partial charge on any atom is -0.457 e. The second-order valence-electron chi connectivity index (χ2n) is 21.2. The van der Waals surface area contributed by atoms with Crippen LogP contribution < -0.4 is 14.5 Å². The quantitative estimate of drug-likeness (QED) is 0.153. The molecule has 9 rings (SSSR count). The van der Waals surface area contributed by atoms with Gasteiger partial charge < -0.3 is 14.5 Å². The summed E-state index contributed by atoms with van der Waals surface area (Å²) in [4.78, 5) is 9.70. The van der Waals surface area contributed by atoms with Crippen LogP contribution in [0.1, 0.15) is 104 Å². The number of rotatable bonds is 8. The summed E-state index contributed by atoms with van der Waals surface area (Å²) >= 11 is 0. The predicted molar refractivity (Wildman–Crippen MR) is 271 cm³/mol. The smallest absolute Gasteiger partial charge is 0.137 e. The summed E-state index contributed by atoms with van der Waals surface area (Å²) in [6, 6.07) is 52.8. The van der Waals surface area contributed by atoms with E-state index in [1.807, 2.05) is 6.20 Å². The SMILES string of the molecule is CC(C)(C)c1cc(N2C=CN(c3cc(Oc4cc(C(C)(C)c5ccccc5)c5c6ccccc6n(-c6cc(C(C)(C)C)ccn6)c5c4)cc(-c4ccccc4)c3)C2)cc(C(C)(C)C)c1. The summed E-state index contributed by atoms with van der Waals surface area (Å²) in [5.74, 6) is 2.43. The number of aromatic nitrogens is 2. The number of anilines is 2. The second-order valence-corrected chi connectivity index (χ2v) is 21.2. The van der Waals surface area contributed by atoms with Crippen molar-refractivity contribution in [1.29, 1.82) is 0 Å². The fourth-order valence-corrected chi connectivity index (χ4v) is 9.03. The number of benzene rings is 6. The van der Waals surface area contributed by atoms with Crippen LogP contribution >= 0.6 is 0 Å². The summed E-state index contributed by atoms with van der Waals surface area (Å²) < 4.78 is 9.53. The van der Waals surface area contributed by atoms with Crippen LogP contribution in [0, 0.1) is 0 Å². The van der Waals surface area contributed by atoms with E-state index < -0.39 is 0 Å². The lowest BCUT2D eigenvalue weighted by Gasteiger charge is -2.29. The molecule has 0 aliphatic carbocycles. The van der Waals surface area contributed by atoms with Gasteiger partial charge >= 0.3 is 0 Å². The molecule has 0 fully saturated rings. The maximum Gasteiger partial charge on any atom is 0.137 e. The van der Waals surface area contributed by atoms with Crippen LogP contribution in [0.15, 0.2) is 164 Å². The minimum absolute atomic E-state index is 0.0237. The van der Waals surface area contributed by atoms with Crippen LogP contribution in [-0.4, -0.2) is 16.2 Å². The highest BCUT2D eigenvalue weighted by Crippen LogP contribution is 2.45. The molecule has 1 aliphatic heterocycles. The van der Waals surface area contributed by atoms with Gasteiger partial charge in [0.15, 0.2) is 0 Å². The second kappa shape index (κ2) is 15.9. The summed E-state index contributed by atoms with van der Waals surface area (Å²) in [7, 11) is 0. The number of fused-ring (bicyclic) bond motifs is 3. The largest absolute Gasteiger partial charge is 0.457 e. The van der Waals surface area contributed by atoms with Gasteiger partial charge in [0.2, 0.25) is 0 Å². The van der Waals surface area contributed by atoms with E-state index in [-0.39, 0.29) is 21.7 Å². The highest BCUT2D eigenvalue weighted by Gasteiger charge is 2.30. The van der Waals surface area contributed by atoms with Crippen molar-refractivity contribution in [3.05, 3.63) is 192 Å². The number of pyridine rings is 1. The first kappa shape index (κ1) is 42.7. The molecular weight excluding hydrogens is 781 g/mol. The first-order chi connectivity index (χ1) is 30.3. The summed E-state index contributed by atoms with van der Waals surface area (Å²) in [5, 5.41) is 2.39. The molecule has 6 aromatic carbocycles. The van der Waals surface area contributed by atoms with E-state index in [9.17, 15) is 0 Å². The van der Waals surface area contributed by atoms with Gasteiger partial charge in [0.05, 0.1) is 17.7 Å². The first-order valence-electron chi connectivity index (χ1n) is 22.7. The highest BCUT2D eigenvalue weighted by molar-refractivity contribution is 6.11.